The minimum atomic E-state index is -3.28. The Morgan fingerprint density at radius 2 is 2.04 bits per heavy atom. The average Bonchev–Trinajstić information content (AvgIpc) is 2.55. The molecule has 0 aliphatic rings. The van der Waals surface area contributed by atoms with Crippen LogP contribution >= 0.6 is 0 Å². The Morgan fingerprint density at radius 3 is 2.65 bits per heavy atom. The van der Waals surface area contributed by atoms with Crippen LogP contribution in [0.25, 0.3) is 0 Å². The third kappa shape index (κ3) is 6.86. The van der Waals surface area contributed by atoms with Crippen LogP contribution in [0.3, 0.4) is 0 Å². The minimum Gasteiger partial charge on any atom is -0.357 e. The van der Waals surface area contributed by atoms with Crippen LogP contribution in [0.2, 0.25) is 0 Å². The van der Waals surface area contributed by atoms with Crippen molar-refractivity contribution in [3.8, 4) is 0 Å². The Bertz CT molecular complexity index is 598. The fraction of sp³-hybridized carbons (Fsp3) is 0.471. The molecule has 5 nitrogen and oxygen atoms in total. The van der Waals surface area contributed by atoms with Crippen LogP contribution in [0.15, 0.2) is 52.9 Å². The number of allylic oxidation sites excluding steroid dienone is 1. The maximum absolute atomic E-state index is 12.2. The van der Waals surface area contributed by atoms with E-state index in [9.17, 15) is 8.42 Å². The van der Waals surface area contributed by atoms with Gasteiger partial charge in [0.1, 0.15) is 0 Å². The van der Waals surface area contributed by atoms with Crippen molar-refractivity contribution in [2.24, 2.45) is 4.99 Å². The van der Waals surface area contributed by atoms with E-state index in [2.05, 4.69) is 16.9 Å². The summed E-state index contributed by atoms with van der Waals surface area (Å²) in [5, 5.41) is 3.19. The Morgan fingerprint density at radius 1 is 1.35 bits per heavy atom. The zero-order valence-corrected chi connectivity index (χ0v) is 14.8. The topological polar surface area (TPSA) is 61.8 Å². The summed E-state index contributed by atoms with van der Waals surface area (Å²) >= 11 is 0. The molecule has 0 amide bonds. The number of guanidine groups is 1. The van der Waals surface area contributed by atoms with Crippen LogP contribution in [0.5, 0.6) is 0 Å². The van der Waals surface area contributed by atoms with Crippen molar-refractivity contribution < 1.29 is 8.42 Å². The maximum Gasteiger partial charge on any atom is 0.193 e. The number of nitrogens with one attached hydrogen (secondary N) is 1. The van der Waals surface area contributed by atoms with E-state index in [4.69, 9.17) is 0 Å². The smallest absolute Gasteiger partial charge is 0.193 e. The first-order valence-corrected chi connectivity index (χ1v) is 9.54. The lowest BCUT2D eigenvalue weighted by Crippen LogP contribution is -2.39. The molecule has 23 heavy (non-hydrogen) atoms. The third-order valence-corrected chi connectivity index (χ3v) is 5.03. The molecule has 1 rings (SSSR count). The van der Waals surface area contributed by atoms with Crippen molar-refractivity contribution in [1.82, 2.24) is 10.2 Å². The normalized spacial score (nSPS) is 12.0. The first kappa shape index (κ1) is 19.2. The lowest BCUT2D eigenvalue weighted by molar-refractivity contribution is 0.470. The fourth-order valence-electron chi connectivity index (χ4n) is 2.07. The molecule has 1 N–H and O–H groups in total. The van der Waals surface area contributed by atoms with E-state index in [1.54, 1.807) is 30.3 Å². The highest BCUT2D eigenvalue weighted by molar-refractivity contribution is 7.91. The third-order valence-electron chi connectivity index (χ3n) is 3.32. The largest absolute Gasteiger partial charge is 0.357 e. The van der Waals surface area contributed by atoms with Crippen molar-refractivity contribution >= 4 is 15.8 Å². The highest BCUT2D eigenvalue weighted by Gasteiger charge is 2.13. The van der Waals surface area contributed by atoms with Crippen LogP contribution in [0.1, 0.15) is 19.8 Å². The molecule has 0 fully saturated rings. The molecule has 0 aliphatic heterocycles. The van der Waals surface area contributed by atoms with Crippen LogP contribution < -0.4 is 5.32 Å². The first-order valence-electron chi connectivity index (χ1n) is 7.89. The van der Waals surface area contributed by atoms with Gasteiger partial charge in [-0.2, -0.15) is 0 Å². The SMILES string of the molecule is C=CCCCN(C)C(=NCCS(=O)(=O)c1ccccc1)NCC. The van der Waals surface area contributed by atoms with E-state index in [0.717, 1.165) is 31.9 Å². The molecule has 0 spiro atoms. The molecule has 0 saturated carbocycles. The van der Waals surface area contributed by atoms with Gasteiger partial charge in [-0.3, -0.25) is 4.99 Å². The second-order valence-electron chi connectivity index (χ2n) is 5.22. The van der Waals surface area contributed by atoms with E-state index < -0.39 is 9.84 Å². The van der Waals surface area contributed by atoms with E-state index in [1.807, 2.05) is 24.9 Å². The van der Waals surface area contributed by atoms with Gasteiger partial charge in [0.05, 0.1) is 17.2 Å². The summed E-state index contributed by atoms with van der Waals surface area (Å²) in [6.45, 7) is 7.54. The average molecular weight is 337 g/mol. The van der Waals surface area contributed by atoms with Gasteiger partial charge in [0.2, 0.25) is 0 Å². The quantitative estimate of drug-likeness (QED) is 0.325. The zero-order valence-electron chi connectivity index (χ0n) is 14.0. The molecule has 0 aromatic heterocycles. The van der Waals surface area contributed by atoms with Crippen LogP contribution in [-0.2, 0) is 9.84 Å². The van der Waals surface area contributed by atoms with Gasteiger partial charge < -0.3 is 10.2 Å². The maximum atomic E-state index is 12.2. The molecule has 0 unspecified atom stereocenters. The van der Waals surface area contributed by atoms with Crippen LogP contribution in [0, 0.1) is 0 Å². The summed E-state index contributed by atoms with van der Waals surface area (Å²) in [5.74, 6) is 0.742. The summed E-state index contributed by atoms with van der Waals surface area (Å²) in [6, 6.07) is 8.50. The Labute approximate surface area is 140 Å². The summed E-state index contributed by atoms with van der Waals surface area (Å²) in [4.78, 5) is 6.79. The molecular formula is C17H27N3O2S. The predicted molar refractivity (Wildman–Crippen MR) is 96.5 cm³/mol. The molecule has 0 bridgehead atoms. The molecule has 1 aromatic carbocycles. The van der Waals surface area contributed by atoms with E-state index in [0.29, 0.717) is 4.90 Å². The van der Waals surface area contributed by atoms with Crippen molar-refractivity contribution in [1.29, 1.82) is 0 Å². The van der Waals surface area contributed by atoms with Crippen LogP contribution in [0.4, 0.5) is 0 Å². The number of hydrogen-bond acceptors (Lipinski definition) is 3. The number of nitrogens with zero attached hydrogens (tertiary/aromatic N) is 2. The van der Waals surface area contributed by atoms with Crippen molar-refractivity contribution in [3.05, 3.63) is 43.0 Å². The molecule has 6 heteroatoms. The number of rotatable bonds is 9. The Balaban J connectivity index is 2.65. The molecule has 1 aromatic rings. The highest BCUT2D eigenvalue weighted by atomic mass is 32.2. The number of unbranched alkanes of at least 4 members (excludes halogenated alkanes) is 1. The second-order valence-corrected chi connectivity index (χ2v) is 7.33. The van der Waals surface area contributed by atoms with E-state index in [1.165, 1.54) is 0 Å². The van der Waals surface area contributed by atoms with Gasteiger partial charge in [0.15, 0.2) is 15.8 Å². The molecule has 128 valence electrons. The van der Waals surface area contributed by atoms with Gasteiger partial charge in [-0.1, -0.05) is 24.3 Å². The molecule has 0 heterocycles. The summed E-state index contributed by atoms with van der Waals surface area (Å²) < 4.78 is 24.5. The second kappa shape index (κ2) is 10.0. The molecule has 0 radical (unpaired) electrons. The van der Waals surface area contributed by atoms with Gasteiger partial charge in [0, 0.05) is 20.1 Å². The van der Waals surface area contributed by atoms with Gasteiger partial charge in [-0.15, -0.1) is 6.58 Å². The summed E-state index contributed by atoms with van der Waals surface area (Å²) in [7, 11) is -1.33. The summed E-state index contributed by atoms with van der Waals surface area (Å²) in [6.07, 6.45) is 3.84. The number of hydrogen-bond donors (Lipinski definition) is 1. The van der Waals surface area contributed by atoms with Gasteiger partial charge >= 0.3 is 0 Å². The van der Waals surface area contributed by atoms with Gasteiger partial charge in [-0.05, 0) is 31.9 Å². The zero-order chi connectivity index (χ0) is 17.1. The van der Waals surface area contributed by atoms with Crippen molar-refractivity contribution in [2.45, 2.75) is 24.7 Å². The van der Waals surface area contributed by atoms with Crippen molar-refractivity contribution in [3.63, 3.8) is 0 Å². The molecular weight excluding hydrogens is 310 g/mol. The Kier molecular flexibility index (Phi) is 8.40. The van der Waals surface area contributed by atoms with E-state index >= 15 is 0 Å². The lowest BCUT2D eigenvalue weighted by atomic mass is 10.3. The predicted octanol–water partition coefficient (Wildman–Crippen LogP) is 2.32. The Hall–Kier alpha value is -1.82. The van der Waals surface area contributed by atoms with E-state index in [-0.39, 0.29) is 12.3 Å². The summed E-state index contributed by atoms with van der Waals surface area (Å²) in [5.41, 5.74) is 0. The first-order chi connectivity index (χ1) is 11.0. The van der Waals surface area contributed by atoms with Crippen LogP contribution in [-0.4, -0.2) is 51.7 Å². The molecule has 0 saturated heterocycles. The van der Waals surface area contributed by atoms with Gasteiger partial charge in [-0.25, -0.2) is 8.42 Å². The highest BCUT2D eigenvalue weighted by Crippen LogP contribution is 2.09. The minimum absolute atomic E-state index is 0.00635. The molecule has 0 aliphatic carbocycles. The standard InChI is InChI=1S/C17H27N3O2S/c1-4-6-10-14-20(3)17(18-5-2)19-13-15-23(21,22)16-11-8-7-9-12-16/h4,7-9,11-12H,1,5-6,10,13-15H2,2-3H3,(H,18,19). The fourth-order valence-corrected chi connectivity index (χ4v) is 3.20. The van der Waals surface area contributed by atoms with Crippen molar-refractivity contribution in [2.75, 3.05) is 32.4 Å². The number of sulfone groups is 1. The lowest BCUT2D eigenvalue weighted by Gasteiger charge is -2.21. The monoisotopic (exact) mass is 337 g/mol. The molecule has 0 atom stereocenters. The number of aliphatic imine (C=N–C) groups is 1. The number of benzene rings is 1. The van der Waals surface area contributed by atoms with Gasteiger partial charge in [0.25, 0.3) is 0 Å².